The molecule has 0 heterocycles. The first-order valence-electron chi connectivity index (χ1n) is 7.52. The molecule has 0 bridgehead atoms. The molecule has 2 fully saturated rings. The first-order valence-corrected chi connectivity index (χ1v) is 7.90. The van der Waals surface area contributed by atoms with E-state index in [2.05, 4.69) is 22.4 Å². The Morgan fingerprint density at radius 2 is 2.10 bits per heavy atom. The van der Waals surface area contributed by atoms with Crippen LogP contribution in [0, 0.1) is 5.92 Å². The van der Waals surface area contributed by atoms with Crippen LogP contribution >= 0.6 is 35.6 Å². The molecule has 3 nitrogen and oxygen atoms in total. The van der Waals surface area contributed by atoms with E-state index in [4.69, 9.17) is 17.3 Å². The van der Waals surface area contributed by atoms with Gasteiger partial charge in [-0.3, -0.25) is 4.99 Å². The maximum atomic E-state index is 6.03. The smallest absolute Gasteiger partial charge is 0.188 e. The normalized spacial score (nSPS) is 25.5. The summed E-state index contributed by atoms with van der Waals surface area (Å²) in [6.45, 7) is 0.892. The SMILES string of the molecule is I.NC(=NCC1CCC1)NC1CC(c2cccc(Cl)c2)C1. The lowest BCUT2D eigenvalue weighted by Gasteiger charge is -2.36. The summed E-state index contributed by atoms with van der Waals surface area (Å²) in [5.41, 5.74) is 7.27. The maximum absolute atomic E-state index is 6.03. The Bertz CT molecular complexity index is 496. The van der Waals surface area contributed by atoms with Crippen LogP contribution in [0.5, 0.6) is 0 Å². The first-order chi connectivity index (χ1) is 9.70. The number of halogens is 2. The number of benzene rings is 1. The van der Waals surface area contributed by atoms with Crippen molar-refractivity contribution < 1.29 is 0 Å². The summed E-state index contributed by atoms with van der Waals surface area (Å²) >= 11 is 6.03. The molecule has 2 saturated carbocycles. The van der Waals surface area contributed by atoms with Crippen molar-refractivity contribution in [2.45, 2.75) is 44.1 Å². The first kappa shape index (κ1) is 16.9. The molecule has 3 rings (SSSR count). The highest BCUT2D eigenvalue weighted by atomic mass is 127. The van der Waals surface area contributed by atoms with E-state index in [0.717, 1.165) is 30.3 Å². The number of hydrogen-bond acceptors (Lipinski definition) is 1. The summed E-state index contributed by atoms with van der Waals surface area (Å²) in [4.78, 5) is 4.44. The van der Waals surface area contributed by atoms with Crippen molar-refractivity contribution in [2.24, 2.45) is 16.6 Å². The highest BCUT2D eigenvalue weighted by Gasteiger charge is 2.30. The van der Waals surface area contributed by atoms with Crippen molar-refractivity contribution in [3.05, 3.63) is 34.9 Å². The molecule has 21 heavy (non-hydrogen) atoms. The van der Waals surface area contributed by atoms with Crippen molar-refractivity contribution in [3.8, 4) is 0 Å². The van der Waals surface area contributed by atoms with E-state index in [1.807, 2.05) is 12.1 Å². The van der Waals surface area contributed by atoms with E-state index >= 15 is 0 Å². The molecular weight excluding hydrogens is 397 g/mol. The summed E-state index contributed by atoms with van der Waals surface area (Å²) in [6, 6.07) is 8.62. The summed E-state index contributed by atoms with van der Waals surface area (Å²) in [5, 5.41) is 4.15. The van der Waals surface area contributed by atoms with E-state index in [-0.39, 0.29) is 24.0 Å². The lowest BCUT2D eigenvalue weighted by atomic mass is 9.76. The van der Waals surface area contributed by atoms with Gasteiger partial charge in [-0.25, -0.2) is 0 Å². The molecule has 5 heteroatoms. The van der Waals surface area contributed by atoms with E-state index in [9.17, 15) is 0 Å². The molecule has 116 valence electrons. The molecule has 1 aromatic carbocycles. The average molecular weight is 420 g/mol. The van der Waals surface area contributed by atoms with Crippen LogP contribution in [0.3, 0.4) is 0 Å². The monoisotopic (exact) mass is 419 g/mol. The van der Waals surface area contributed by atoms with E-state index < -0.39 is 0 Å². The van der Waals surface area contributed by atoms with Gasteiger partial charge in [-0.2, -0.15) is 0 Å². The van der Waals surface area contributed by atoms with E-state index in [0.29, 0.717) is 17.9 Å². The Morgan fingerprint density at radius 3 is 2.71 bits per heavy atom. The molecule has 0 radical (unpaired) electrons. The van der Waals surface area contributed by atoms with Crippen molar-refractivity contribution in [2.75, 3.05) is 6.54 Å². The Morgan fingerprint density at radius 1 is 1.33 bits per heavy atom. The fourth-order valence-corrected chi connectivity index (χ4v) is 3.12. The molecule has 0 aromatic heterocycles. The summed E-state index contributed by atoms with van der Waals surface area (Å²) in [6.07, 6.45) is 6.21. The van der Waals surface area contributed by atoms with Gasteiger partial charge in [0.25, 0.3) is 0 Å². The van der Waals surface area contributed by atoms with Crippen molar-refractivity contribution in [1.29, 1.82) is 0 Å². The predicted molar refractivity (Wildman–Crippen MR) is 99.6 cm³/mol. The molecule has 0 amide bonds. The molecule has 2 aliphatic carbocycles. The standard InChI is InChI=1S/C16H22ClN3.HI/c17-14-6-2-5-12(7-14)13-8-15(9-13)20-16(18)19-10-11-3-1-4-11;/h2,5-7,11,13,15H,1,3-4,8-10H2,(H3,18,19,20);1H. The third kappa shape index (κ3) is 4.49. The minimum atomic E-state index is 0. The number of guanidine groups is 1. The van der Waals surface area contributed by atoms with Crippen LogP contribution < -0.4 is 11.1 Å². The summed E-state index contributed by atoms with van der Waals surface area (Å²) in [7, 11) is 0. The lowest BCUT2D eigenvalue weighted by Crippen LogP contribution is -2.46. The minimum Gasteiger partial charge on any atom is -0.370 e. The minimum absolute atomic E-state index is 0. The van der Waals surface area contributed by atoms with E-state index in [1.165, 1.54) is 24.8 Å². The second-order valence-corrected chi connectivity index (χ2v) is 6.52. The lowest BCUT2D eigenvalue weighted by molar-refractivity contribution is 0.317. The second kappa shape index (κ2) is 7.68. The van der Waals surface area contributed by atoms with Crippen molar-refractivity contribution >= 4 is 41.5 Å². The number of nitrogens with zero attached hydrogens (tertiary/aromatic N) is 1. The van der Waals surface area contributed by atoms with Gasteiger partial charge in [0.05, 0.1) is 0 Å². The number of nitrogens with one attached hydrogen (secondary N) is 1. The maximum Gasteiger partial charge on any atom is 0.188 e. The molecule has 1 aromatic rings. The Labute approximate surface area is 148 Å². The van der Waals surface area contributed by atoms with Crippen LogP contribution in [-0.2, 0) is 0 Å². The highest BCUT2D eigenvalue weighted by Crippen LogP contribution is 2.37. The number of nitrogens with two attached hydrogens (primary N) is 1. The van der Waals surface area contributed by atoms with Gasteiger partial charge in [0, 0.05) is 17.6 Å². The average Bonchev–Trinajstić information content (AvgIpc) is 2.31. The Kier molecular flexibility index (Phi) is 6.17. The van der Waals surface area contributed by atoms with E-state index in [1.54, 1.807) is 0 Å². The number of aliphatic imine (C=N–C) groups is 1. The van der Waals surface area contributed by atoms with Crippen LogP contribution in [0.15, 0.2) is 29.3 Å². The van der Waals surface area contributed by atoms with Crippen LogP contribution in [0.1, 0.15) is 43.6 Å². The molecule has 0 atom stereocenters. The number of rotatable bonds is 4. The summed E-state index contributed by atoms with van der Waals surface area (Å²) in [5.74, 6) is 1.99. The fraction of sp³-hybridized carbons (Fsp3) is 0.562. The zero-order valence-corrected chi connectivity index (χ0v) is 15.2. The molecular formula is C16H23ClIN3. The van der Waals surface area contributed by atoms with Crippen LogP contribution in [0.25, 0.3) is 0 Å². The van der Waals surface area contributed by atoms with Gasteiger partial charge in [-0.1, -0.05) is 30.2 Å². The topological polar surface area (TPSA) is 50.4 Å². The predicted octanol–water partition coefficient (Wildman–Crippen LogP) is 3.91. The molecule has 3 N–H and O–H groups in total. The molecule has 2 aliphatic rings. The van der Waals surface area contributed by atoms with Gasteiger partial charge in [0.2, 0.25) is 0 Å². The third-order valence-corrected chi connectivity index (χ3v) is 4.79. The summed E-state index contributed by atoms with van der Waals surface area (Å²) < 4.78 is 0. The van der Waals surface area contributed by atoms with Gasteiger partial charge in [0.1, 0.15) is 0 Å². The van der Waals surface area contributed by atoms with Gasteiger partial charge >= 0.3 is 0 Å². The van der Waals surface area contributed by atoms with Crippen molar-refractivity contribution in [1.82, 2.24) is 5.32 Å². The van der Waals surface area contributed by atoms with Gasteiger partial charge < -0.3 is 11.1 Å². The number of hydrogen-bond donors (Lipinski definition) is 2. The second-order valence-electron chi connectivity index (χ2n) is 6.09. The zero-order valence-electron chi connectivity index (χ0n) is 12.1. The van der Waals surface area contributed by atoms with Gasteiger partial charge in [-0.05, 0) is 55.2 Å². The Balaban J connectivity index is 0.00000161. The largest absolute Gasteiger partial charge is 0.370 e. The molecule has 0 unspecified atom stereocenters. The van der Waals surface area contributed by atoms with Gasteiger partial charge in [0.15, 0.2) is 5.96 Å². The van der Waals surface area contributed by atoms with Crippen LogP contribution in [-0.4, -0.2) is 18.5 Å². The van der Waals surface area contributed by atoms with Crippen molar-refractivity contribution in [3.63, 3.8) is 0 Å². The van der Waals surface area contributed by atoms with Gasteiger partial charge in [-0.15, -0.1) is 24.0 Å². The zero-order chi connectivity index (χ0) is 13.9. The quantitative estimate of drug-likeness (QED) is 0.442. The molecule has 0 spiro atoms. The fourth-order valence-electron chi connectivity index (χ4n) is 2.93. The third-order valence-electron chi connectivity index (χ3n) is 4.55. The highest BCUT2D eigenvalue weighted by molar-refractivity contribution is 14.0. The Hall–Kier alpha value is -0.490. The van der Waals surface area contributed by atoms with Crippen LogP contribution in [0.2, 0.25) is 5.02 Å². The van der Waals surface area contributed by atoms with Crippen LogP contribution in [0.4, 0.5) is 0 Å². The molecule has 0 saturated heterocycles. The molecule has 0 aliphatic heterocycles.